The molecule has 1 aliphatic carbocycles. The van der Waals surface area contributed by atoms with Gasteiger partial charge in [0.05, 0.1) is 11.9 Å². The van der Waals surface area contributed by atoms with Crippen molar-refractivity contribution < 1.29 is 17.5 Å². The van der Waals surface area contributed by atoms with Crippen molar-refractivity contribution in [3.8, 4) is 16.9 Å². The van der Waals surface area contributed by atoms with E-state index in [1.807, 2.05) is 0 Å². The molecule has 0 spiro atoms. The third-order valence-electron chi connectivity index (χ3n) is 5.96. The van der Waals surface area contributed by atoms with Crippen LogP contribution in [0.5, 0.6) is 5.75 Å². The second-order valence-electron chi connectivity index (χ2n) is 8.33. The number of sulfone groups is 1. The monoisotopic (exact) mass is 435 g/mol. The molecular weight excluding hydrogens is 405 g/mol. The van der Waals surface area contributed by atoms with Crippen molar-refractivity contribution in [1.29, 1.82) is 0 Å². The molecule has 7 heteroatoms. The molecule has 1 heterocycles. The van der Waals surface area contributed by atoms with Crippen molar-refractivity contribution in [2.45, 2.75) is 57.2 Å². The van der Waals surface area contributed by atoms with Gasteiger partial charge in [0, 0.05) is 30.6 Å². The Morgan fingerprint density at radius 3 is 2.47 bits per heavy atom. The molecule has 1 atom stereocenters. The van der Waals surface area contributed by atoms with Crippen LogP contribution in [0.25, 0.3) is 11.1 Å². The molecular formula is C23H30FNO4S. The highest BCUT2D eigenvalue weighted by Gasteiger charge is 2.16. The van der Waals surface area contributed by atoms with Gasteiger partial charge in [-0.15, -0.1) is 0 Å². The molecule has 1 saturated carbocycles. The quantitative estimate of drug-likeness (QED) is 0.615. The zero-order chi connectivity index (χ0) is 21.7. The second-order valence-corrected chi connectivity index (χ2v) is 10.8. The summed E-state index contributed by atoms with van der Waals surface area (Å²) < 4.78 is 44.8. The van der Waals surface area contributed by atoms with E-state index in [9.17, 15) is 17.6 Å². The van der Waals surface area contributed by atoms with Crippen molar-refractivity contribution in [1.82, 2.24) is 4.57 Å². The van der Waals surface area contributed by atoms with Crippen LogP contribution in [0.15, 0.2) is 41.3 Å². The van der Waals surface area contributed by atoms with Crippen LogP contribution < -0.4 is 10.3 Å². The predicted molar refractivity (Wildman–Crippen MR) is 117 cm³/mol. The van der Waals surface area contributed by atoms with Crippen LogP contribution in [0.1, 0.15) is 45.4 Å². The number of aromatic nitrogens is 1. The first-order valence-electron chi connectivity index (χ1n) is 10.6. The predicted octanol–water partition coefficient (Wildman–Crippen LogP) is 4.44. The van der Waals surface area contributed by atoms with Gasteiger partial charge in [0.1, 0.15) is 21.4 Å². The maximum absolute atomic E-state index is 14.7. The van der Waals surface area contributed by atoms with Gasteiger partial charge in [0.2, 0.25) is 0 Å². The molecule has 1 unspecified atom stereocenters. The minimum absolute atomic E-state index is 0.151. The molecule has 1 aromatic heterocycles. The number of benzene rings is 1. The number of aryl methyl sites for hydroxylation is 1. The lowest BCUT2D eigenvalue weighted by Crippen LogP contribution is -2.24. The summed E-state index contributed by atoms with van der Waals surface area (Å²) in [5.41, 5.74) is 0.474. The molecule has 1 fully saturated rings. The smallest absolute Gasteiger partial charge is 0.251 e. The molecule has 0 saturated heterocycles. The Morgan fingerprint density at radius 2 is 1.83 bits per heavy atom. The largest absolute Gasteiger partial charge is 0.493 e. The van der Waals surface area contributed by atoms with Crippen LogP contribution in [0.3, 0.4) is 0 Å². The zero-order valence-electron chi connectivity index (χ0n) is 17.6. The number of halogens is 1. The molecule has 2 aromatic rings. The van der Waals surface area contributed by atoms with E-state index >= 15 is 0 Å². The SMILES string of the molecule is CC(CCn1cc(F)c(-c2ccc(OCC3CCCCC3)cc2)cc1=O)S(C)(=O)=O. The summed E-state index contributed by atoms with van der Waals surface area (Å²) in [4.78, 5) is 12.4. The van der Waals surface area contributed by atoms with Gasteiger partial charge in [-0.1, -0.05) is 31.4 Å². The van der Waals surface area contributed by atoms with E-state index in [1.54, 1.807) is 31.2 Å². The number of hydrogen-bond donors (Lipinski definition) is 0. The molecule has 3 rings (SSSR count). The lowest BCUT2D eigenvalue weighted by atomic mass is 9.90. The van der Waals surface area contributed by atoms with Crippen molar-refractivity contribution in [2.24, 2.45) is 5.92 Å². The van der Waals surface area contributed by atoms with Crippen molar-refractivity contribution in [2.75, 3.05) is 12.9 Å². The van der Waals surface area contributed by atoms with E-state index in [1.165, 1.54) is 42.7 Å². The lowest BCUT2D eigenvalue weighted by molar-refractivity contribution is 0.209. The first-order valence-corrected chi connectivity index (χ1v) is 12.5. The van der Waals surface area contributed by atoms with Crippen LogP contribution in [0, 0.1) is 11.7 Å². The Kier molecular flexibility index (Phi) is 7.34. The van der Waals surface area contributed by atoms with E-state index in [4.69, 9.17) is 4.74 Å². The highest BCUT2D eigenvalue weighted by molar-refractivity contribution is 7.91. The number of pyridine rings is 1. The van der Waals surface area contributed by atoms with E-state index < -0.39 is 20.9 Å². The molecule has 164 valence electrons. The van der Waals surface area contributed by atoms with Gasteiger partial charge in [-0.2, -0.15) is 0 Å². The number of ether oxygens (including phenoxy) is 1. The molecule has 1 aromatic carbocycles. The average molecular weight is 436 g/mol. The Labute approximate surface area is 177 Å². The molecule has 0 amide bonds. The Morgan fingerprint density at radius 1 is 1.17 bits per heavy atom. The molecule has 5 nitrogen and oxygen atoms in total. The third kappa shape index (κ3) is 5.94. The number of nitrogens with zero attached hydrogens (tertiary/aromatic N) is 1. The standard InChI is InChI=1S/C23H30FNO4S/c1-17(30(2,27)28)12-13-25-15-22(24)21(14-23(25)26)19-8-10-20(11-9-19)29-16-18-6-4-3-5-7-18/h8-11,14-15,17-18H,3-7,12-13,16H2,1-2H3. The maximum atomic E-state index is 14.7. The van der Waals surface area contributed by atoms with Crippen LogP contribution in [-0.4, -0.2) is 31.1 Å². The van der Waals surface area contributed by atoms with Gasteiger partial charge in [-0.25, -0.2) is 12.8 Å². The van der Waals surface area contributed by atoms with E-state index in [0.29, 0.717) is 18.1 Å². The van der Waals surface area contributed by atoms with Crippen LogP contribution in [0.4, 0.5) is 4.39 Å². The topological polar surface area (TPSA) is 65.4 Å². The van der Waals surface area contributed by atoms with Crippen LogP contribution in [-0.2, 0) is 16.4 Å². The normalized spacial score (nSPS) is 16.4. The van der Waals surface area contributed by atoms with Crippen LogP contribution >= 0.6 is 0 Å². The fourth-order valence-corrected chi connectivity index (χ4v) is 4.31. The van der Waals surface area contributed by atoms with Crippen molar-refractivity contribution in [3.63, 3.8) is 0 Å². The van der Waals surface area contributed by atoms with Gasteiger partial charge in [0.15, 0.2) is 0 Å². The highest BCUT2D eigenvalue weighted by Crippen LogP contribution is 2.27. The molecule has 0 aliphatic heterocycles. The fourth-order valence-electron chi connectivity index (χ4n) is 3.77. The van der Waals surface area contributed by atoms with E-state index in [0.717, 1.165) is 18.2 Å². The highest BCUT2D eigenvalue weighted by atomic mass is 32.2. The van der Waals surface area contributed by atoms with Crippen molar-refractivity contribution >= 4 is 9.84 Å². The van der Waals surface area contributed by atoms with E-state index in [2.05, 4.69) is 0 Å². The van der Waals surface area contributed by atoms with Crippen molar-refractivity contribution in [3.05, 3.63) is 52.7 Å². The van der Waals surface area contributed by atoms with Gasteiger partial charge >= 0.3 is 0 Å². The van der Waals surface area contributed by atoms with Gasteiger partial charge in [-0.3, -0.25) is 4.79 Å². The molecule has 0 N–H and O–H groups in total. The van der Waals surface area contributed by atoms with E-state index in [-0.39, 0.29) is 24.1 Å². The molecule has 1 aliphatic rings. The summed E-state index contributed by atoms with van der Waals surface area (Å²) in [7, 11) is -3.18. The Bertz CT molecular complexity index is 1010. The average Bonchev–Trinajstić information content (AvgIpc) is 2.73. The van der Waals surface area contributed by atoms with Crippen LogP contribution in [0.2, 0.25) is 0 Å². The summed E-state index contributed by atoms with van der Waals surface area (Å²) in [5.74, 6) is 0.833. The van der Waals surface area contributed by atoms with Gasteiger partial charge in [-0.05, 0) is 49.8 Å². The maximum Gasteiger partial charge on any atom is 0.251 e. The minimum atomic E-state index is -3.18. The summed E-state index contributed by atoms with van der Waals surface area (Å²) in [6, 6.07) is 8.38. The zero-order valence-corrected chi connectivity index (χ0v) is 18.5. The third-order valence-corrected chi connectivity index (χ3v) is 7.66. The molecule has 0 bridgehead atoms. The molecule has 0 radical (unpaired) electrons. The summed E-state index contributed by atoms with van der Waals surface area (Å²) in [6.07, 6.45) is 8.84. The lowest BCUT2D eigenvalue weighted by Gasteiger charge is -2.21. The second kappa shape index (κ2) is 9.77. The first kappa shape index (κ1) is 22.5. The summed E-state index contributed by atoms with van der Waals surface area (Å²) in [5, 5.41) is -0.590. The summed E-state index contributed by atoms with van der Waals surface area (Å²) >= 11 is 0. The number of hydrogen-bond acceptors (Lipinski definition) is 4. The first-order chi connectivity index (χ1) is 14.2. The Balaban J connectivity index is 1.66. The summed E-state index contributed by atoms with van der Waals surface area (Å²) in [6.45, 7) is 2.44. The Hall–Kier alpha value is -2.15. The number of rotatable bonds is 8. The van der Waals surface area contributed by atoms with Gasteiger partial charge < -0.3 is 9.30 Å². The van der Waals surface area contributed by atoms with Gasteiger partial charge in [0.25, 0.3) is 5.56 Å². The fraction of sp³-hybridized carbons (Fsp3) is 0.522. The molecule has 30 heavy (non-hydrogen) atoms. The minimum Gasteiger partial charge on any atom is -0.493 e.